The average Bonchev–Trinajstić information content (AvgIpc) is 2.44. The molecule has 5 heteroatoms. The molecule has 0 aliphatic carbocycles. The Morgan fingerprint density at radius 2 is 2.24 bits per heavy atom. The number of aliphatic hydroxyl groups is 1. The third-order valence-electron chi connectivity index (χ3n) is 3.67. The molecule has 1 saturated heterocycles. The molecule has 0 amide bonds. The number of aliphatic hydroxyl groups excluding tert-OH is 1. The number of hydrogen-bond donors (Lipinski definition) is 2. The van der Waals surface area contributed by atoms with Crippen molar-refractivity contribution in [2.45, 2.75) is 39.0 Å². The van der Waals surface area contributed by atoms with Crippen molar-refractivity contribution in [1.82, 2.24) is 5.32 Å². The number of benzene rings is 1. The second-order valence-corrected chi connectivity index (χ2v) is 6.08. The normalized spacial score (nSPS) is 21.6. The van der Waals surface area contributed by atoms with Crippen molar-refractivity contribution in [3.8, 4) is 0 Å². The van der Waals surface area contributed by atoms with Crippen LogP contribution in [0, 0.1) is 5.82 Å². The standard InChI is InChI=1S/C16H25FN2O2/c1-4-18-8-13-14(17)6-5-7-15(13)19-9-12(10-20)21-16(2,3)11-19/h5-7,12,18,20H,4,8-11H2,1-3H3. The summed E-state index contributed by atoms with van der Waals surface area (Å²) in [5.74, 6) is -0.196. The van der Waals surface area contributed by atoms with Crippen LogP contribution in [0.2, 0.25) is 0 Å². The Balaban J connectivity index is 2.29. The summed E-state index contributed by atoms with van der Waals surface area (Å²) in [6.07, 6.45) is -0.246. The molecule has 2 rings (SSSR count). The average molecular weight is 296 g/mol. The van der Waals surface area contributed by atoms with Gasteiger partial charge in [0.1, 0.15) is 5.82 Å². The molecule has 1 heterocycles. The molecule has 1 fully saturated rings. The van der Waals surface area contributed by atoms with Crippen LogP contribution < -0.4 is 10.2 Å². The number of nitrogens with one attached hydrogen (secondary N) is 1. The highest BCUT2D eigenvalue weighted by molar-refractivity contribution is 5.55. The fourth-order valence-corrected chi connectivity index (χ4v) is 2.84. The number of hydrogen-bond acceptors (Lipinski definition) is 4. The first-order valence-corrected chi connectivity index (χ1v) is 7.48. The van der Waals surface area contributed by atoms with E-state index in [1.807, 2.05) is 26.8 Å². The first-order valence-electron chi connectivity index (χ1n) is 7.48. The van der Waals surface area contributed by atoms with E-state index in [2.05, 4.69) is 10.2 Å². The third kappa shape index (κ3) is 3.93. The van der Waals surface area contributed by atoms with Crippen LogP contribution in [0.3, 0.4) is 0 Å². The van der Waals surface area contributed by atoms with Gasteiger partial charge in [-0.25, -0.2) is 4.39 Å². The molecule has 0 saturated carbocycles. The zero-order valence-electron chi connectivity index (χ0n) is 13.0. The Morgan fingerprint density at radius 3 is 2.90 bits per heavy atom. The first kappa shape index (κ1) is 16.2. The summed E-state index contributed by atoms with van der Waals surface area (Å²) in [5, 5.41) is 12.6. The number of halogens is 1. The van der Waals surface area contributed by atoms with E-state index < -0.39 is 0 Å². The number of rotatable bonds is 5. The highest BCUT2D eigenvalue weighted by Gasteiger charge is 2.34. The highest BCUT2D eigenvalue weighted by Crippen LogP contribution is 2.29. The van der Waals surface area contributed by atoms with Gasteiger partial charge in [0.25, 0.3) is 0 Å². The van der Waals surface area contributed by atoms with Crippen LogP contribution in [0.4, 0.5) is 10.1 Å². The Kier molecular flexibility index (Phi) is 5.19. The molecule has 0 spiro atoms. The Labute approximate surface area is 125 Å². The van der Waals surface area contributed by atoms with E-state index in [0.29, 0.717) is 25.2 Å². The van der Waals surface area contributed by atoms with Gasteiger partial charge in [0.15, 0.2) is 0 Å². The maximum Gasteiger partial charge on any atom is 0.129 e. The molecule has 1 aromatic carbocycles. The van der Waals surface area contributed by atoms with Crippen molar-refractivity contribution in [3.63, 3.8) is 0 Å². The SMILES string of the molecule is CCNCc1c(F)cccc1N1CC(CO)OC(C)(C)C1. The summed E-state index contributed by atoms with van der Waals surface area (Å²) in [6, 6.07) is 5.16. The van der Waals surface area contributed by atoms with Gasteiger partial charge in [-0.15, -0.1) is 0 Å². The summed E-state index contributed by atoms with van der Waals surface area (Å²) in [6.45, 7) is 8.49. The molecule has 0 bridgehead atoms. The summed E-state index contributed by atoms with van der Waals surface area (Å²) >= 11 is 0. The Bertz CT molecular complexity index is 479. The molecule has 1 aromatic rings. The van der Waals surface area contributed by atoms with Gasteiger partial charge in [-0.3, -0.25) is 0 Å². The minimum absolute atomic E-state index is 0.0300. The highest BCUT2D eigenvalue weighted by atomic mass is 19.1. The largest absolute Gasteiger partial charge is 0.394 e. The lowest BCUT2D eigenvalue weighted by molar-refractivity contribution is -0.101. The van der Waals surface area contributed by atoms with Crippen LogP contribution in [-0.4, -0.2) is 43.1 Å². The number of anilines is 1. The first-order chi connectivity index (χ1) is 9.96. The maximum absolute atomic E-state index is 14.2. The van der Waals surface area contributed by atoms with Crippen LogP contribution in [0.5, 0.6) is 0 Å². The molecular weight excluding hydrogens is 271 g/mol. The van der Waals surface area contributed by atoms with Crippen molar-refractivity contribution in [3.05, 3.63) is 29.6 Å². The topological polar surface area (TPSA) is 44.7 Å². The molecule has 4 nitrogen and oxygen atoms in total. The maximum atomic E-state index is 14.2. The van der Waals surface area contributed by atoms with E-state index >= 15 is 0 Å². The molecule has 1 unspecified atom stereocenters. The quantitative estimate of drug-likeness (QED) is 0.871. The van der Waals surface area contributed by atoms with E-state index in [1.54, 1.807) is 6.07 Å². The molecular formula is C16H25FN2O2. The van der Waals surface area contributed by atoms with E-state index in [-0.39, 0.29) is 24.1 Å². The Morgan fingerprint density at radius 1 is 1.48 bits per heavy atom. The minimum atomic E-state index is -0.368. The van der Waals surface area contributed by atoms with Crippen molar-refractivity contribution >= 4 is 5.69 Å². The molecule has 0 radical (unpaired) electrons. The minimum Gasteiger partial charge on any atom is -0.394 e. The van der Waals surface area contributed by atoms with Crippen molar-refractivity contribution in [1.29, 1.82) is 0 Å². The van der Waals surface area contributed by atoms with Crippen LogP contribution in [0.25, 0.3) is 0 Å². The predicted octanol–water partition coefficient (Wildman–Crippen LogP) is 1.91. The summed E-state index contributed by atoms with van der Waals surface area (Å²) < 4.78 is 20.0. The second-order valence-electron chi connectivity index (χ2n) is 6.08. The van der Waals surface area contributed by atoms with Gasteiger partial charge in [0.05, 0.1) is 18.3 Å². The van der Waals surface area contributed by atoms with Crippen LogP contribution in [0.15, 0.2) is 18.2 Å². The molecule has 1 aliphatic heterocycles. The van der Waals surface area contributed by atoms with Crippen LogP contribution in [0.1, 0.15) is 26.3 Å². The molecule has 1 atom stereocenters. The van der Waals surface area contributed by atoms with Crippen molar-refractivity contribution in [2.24, 2.45) is 0 Å². The number of morpholine rings is 1. The van der Waals surface area contributed by atoms with Gasteiger partial charge in [-0.2, -0.15) is 0 Å². The van der Waals surface area contributed by atoms with E-state index in [9.17, 15) is 9.50 Å². The molecule has 2 N–H and O–H groups in total. The summed E-state index contributed by atoms with van der Waals surface area (Å²) in [4.78, 5) is 2.11. The van der Waals surface area contributed by atoms with E-state index in [0.717, 1.165) is 12.2 Å². The van der Waals surface area contributed by atoms with E-state index in [4.69, 9.17) is 4.74 Å². The molecule has 0 aromatic heterocycles. The summed E-state index contributed by atoms with van der Waals surface area (Å²) in [7, 11) is 0. The fourth-order valence-electron chi connectivity index (χ4n) is 2.84. The lowest BCUT2D eigenvalue weighted by Gasteiger charge is -2.44. The predicted molar refractivity (Wildman–Crippen MR) is 82.0 cm³/mol. The monoisotopic (exact) mass is 296 g/mol. The smallest absolute Gasteiger partial charge is 0.129 e. The zero-order valence-corrected chi connectivity index (χ0v) is 13.0. The second kappa shape index (κ2) is 6.73. The van der Waals surface area contributed by atoms with Gasteiger partial charge in [0.2, 0.25) is 0 Å². The van der Waals surface area contributed by atoms with Crippen LogP contribution >= 0.6 is 0 Å². The van der Waals surface area contributed by atoms with Gasteiger partial charge in [0, 0.05) is 30.9 Å². The van der Waals surface area contributed by atoms with Gasteiger partial charge in [-0.1, -0.05) is 13.0 Å². The van der Waals surface area contributed by atoms with Crippen LogP contribution in [-0.2, 0) is 11.3 Å². The van der Waals surface area contributed by atoms with Gasteiger partial charge < -0.3 is 20.1 Å². The Hall–Kier alpha value is -1.17. The lowest BCUT2D eigenvalue weighted by atomic mass is 10.0. The lowest BCUT2D eigenvalue weighted by Crippen LogP contribution is -2.54. The van der Waals surface area contributed by atoms with Crippen molar-refractivity contribution < 1.29 is 14.2 Å². The fraction of sp³-hybridized carbons (Fsp3) is 0.625. The van der Waals surface area contributed by atoms with Crippen molar-refractivity contribution in [2.75, 3.05) is 31.1 Å². The summed E-state index contributed by atoms with van der Waals surface area (Å²) in [5.41, 5.74) is 1.19. The molecule has 1 aliphatic rings. The third-order valence-corrected chi connectivity index (χ3v) is 3.67. The molecule has 21 heavy (non-hydrogen) atoms. The van der Waals surface area contributed by atoms with Gasteiger partial charge in [-0.05, 0) is 32.5 Å². The number of nitrogens with zero attached hydrogens (tertiary/aromatic N) is 1. The van der Waals surface area contributed by atoms with Gasteiger partial charge >= 0.3 is 0 Å². The van der Waals surface area contributed by atoms with E-state index in [1.165, 1.54) is 6.07 Å². The molecule has 118 valence electrons. The zero-order chi connectivity index (χ0) is 15.5. The number of ether oxygens (including phenoxy) is 1.